The predicted octanol–water partition coefficient (Wildman–Crippen LogP) is 2.86. The first-order chi connectivity index (χ1) is 9.35. The Morgan fingerprint density at radius 1 is 1.16 bits per heavy atom. The van der Waals surface area contributed by atoms with Crippen molar-refractivity contribution in [2.45, 2.75) is 25.7 Å². The van der Waals surface area contributed by atoms with E-state index in [0.717, 1.165) is 38.5 Å². The SMILES string of the molecule is COCCC1(CNCCCOc2ccccc2)CC1. The van der Waals surface area contributed by atoms with Crippen molar-refractivity contribution in [2.24, 2.45) is 5.41 Å². The molecular formula is C16H25NO2. The third kappa shape index (κ3) is 5.21. The van der Waals surface area contributed by atoms with Crippen LogP contribution >= 0.6 is 0 Å². The quantitative estimate of drug-likeness (QED) is 0.658. The molecule has 0 bridgehead atoms. The highest BCUT2D eigenvalue weighted by Gasteiger charge is 2.41. The molecule has 2 rings (SSSR count). The smallest absolute Gasteiger partial charge is 0.119 e. The van der Waals surface area contributed by atoms with E-state index in [4.69, 9.17) is 9.47 Å². The van der Waals surface area contributed by atoms with Crippen LogP contribution < -0.4 is 10.1 Å². The maximum absolute atomic E-state index is 5.66. The van der Waals surface area contributed by atoms with Crippen molar-refractivity contribution in [1.82, 2.24) is 5.32 Å². The lowest BCUT2D eigenvalue weighted by Gasteiger charge is -2.15. The summed E-state index contributed by atoms with van der Waals surface area (Å²) < 4.78 is 10.8. The monoisotopic (exact) mass is 263 g/mol. The van der Waals surface area contributed by atoms with Crippen molar-refractivity contribution in [3.63, 3.8) is 0 Å². The standard InChI is InChI=1S/C16H25NO2/c1-18-13-10-16(8-9-16)14-17-11-5-12-19-15-6-3-2-4-7-15/h2-4,6-7,17H,5,8-14H2,1H3. The van der Waals surface area contributed by atoms with Gasteiger partial charge in [0, 0.05) is 20.3 Å². The molecule has 0 amide bonds. The molecule has 19 heavy (non-hydrogen) atoms. The van der Waals surface area contributed by atoms with E-state index in [1.165, 1.54) is 19.3 Å². The summed E-state index contributed by atoms with van der Waals surface area (Å²) in [4.78, 5) is 0. The highest BCUT2D eigenvalue weighted by Crippen LogP contribution is 2.48. The molecule has 0 aliphatic heterocycles. The Balaban J connectivity index is 1.49. The Kier molecular flexibility index (Phi) is 5.67. The molecule has 0 unspecified atom stereocenters. The van der Waals surface area contributed by atoms with E-state index in [9.17, 15) is 0 Å². The second kappa shape index (κ2) is 7.51. The lowest BCUT2D eigenvalue weighted by Crippen LogP contribution is -2.26. The summed E-state index contributed by atoms with van der Waals surface area (Å²) in [7, 11) is 1.78. The van der Waals surface area contributed by atoms with Crippen LogP contribution in [0.25, 0.3) is 0 Å². The van der Waals surface area contributed by atoms with Crippen molar-refractivity contribution in [3.05, 3.63) is 30.3 Å². The minimum Gasteiger partial charge on any atom is -0.494 e. The van der Waals surface area contributed by atoms with Crippen LogP contribution in [0.15, 0.2) is 30.3 Å². The van der Waals surface area contributed by atoms with Gasteiger partial charge in [0.25, 0.3) is 0 Å². The number of rotatable bonds is 10. The molecule has 1 aromatic rings. The topological polar surface area (TPSA) is 30.5 Å². The lowest BCUT2D eigenvalue weighted by atomic mass is 10.0. The van der Waals surface area contributed by atoms with Gasteiger partial charge in [-0.3, -0.25) is 0 Å². The van der Waals surface area contributed by atoms with Gasteiger partial charge in [-0.25, -0.2) is 0 Å². The van der Waals surface area contributed by atoms with Crippen LogP contribution in [0.4, 0.5) is 0 Å². The zero-order valence-electron chi connectivity index (χ0n) is 11.9. The molecule has 0 spiro atoms. The lowest BCUT2D eigenvalue weighted by molar-refractivity contribution is 0.171. The van der Waals surface area contributed by atoms with E-state index in [1.54, 1.807) is 7.11 Å². The molecule has 0 aromatic heterocycles. The fourth-order valence-electron chi connectivity index (χ4n) is 2.27. The molecule has 3 heteroatoms. The summed E-state index contributed by atoms with van der Waals surface area (Å²) in [6, 6.07) is 10.00. The zero-order chi connectivity index (χ0) is 13.4. The van der Waals surface area contributed by atoms with Crippen LogP contribution in [0.3, 0.4) is 0 Å². The Morgan fingerprint density at radius 2 is 1.95 bits per heavy atom. The van der Waals surface area contributed by atoms with Gasteiger partial charge in [0.1, 0.15) is 5.75 Å². The summed E-state index contributed by atoms with van der Waals surface area (Å²) >= 11 is 0. The van der Waals surface area contributed by atoms with Crippen LogP contribution in [0, 0.1) is 5.41 Å². The highest BCUT2D eigenvalue weighted by molar-refractivity contribution is 5.20. The number of para-hydroxylation sites is 1. The number of benzene rings is 1. The number of hydrogen-bond acceptors (Lipinski definition) is 3. The van der Waals surface area contributed by atoms with Crippen LogP contribution in [-0.2, 0) is 4.74 Å². The number of hydrogen-bond donors (Lipinski definition) is 1. The molecule has 1 N–H and O–H groups in total. The van der Waals surface area contributed by atoms with Crippen molar-refractivity contribution in [2.75, 3.05) is 33.4 Å². The van der Waals surface area contributed by atoms with E-state index < -0.39 is 0 Å². The van der Waals surface area contributed by atoms with Gasteiger partial charge in [-0.2, -0.15) is 0 Å². The molecule has 1 aliphatic rings. The van der Waals surface area contributed by atoms with Crippen molar-refractivity contribution in [3.8, 4) is 5.75 Å². The third-order valence-corrected chi connectivity index (χ3v) is 3.80. The fourth-order valence-corrected chi connectivity index (χ4v) is 2.27. The van der Waals surface area contributed by atoms with E-state index in [0.29, 0.717) is 5.41 Å². The number of ether oxygens (including phenoxy) is 2. The van der Waals surface area contributed by atoms with Gasteiger partial charge in [0.05, 0.1) is 6.61 Å². The zero-order valence-corrected chi connectivity index (χ0v) is 11.9. The predicted molar refractivity (Wildman–Crippen MR) is 77.6 cm³/mol. The van der Waals surface area contributed by atoms with Crippen LogP contribution in [0.1, 0.15) is 25.7 Å². The first-order valence-corrected chi connectivity index (χ1v) is 7.22. The first kappa shape index (κ1) is 14.4. The Morgan fingerprint density at radius 3 is 2.63 bits per heavy atom. The van der Waals surface area contributed by atoms with Crippen LogP contribution in [0.2, 0.25) is 0 Å². The molecule has 0 heterocycles. The summed E-state index contributed by atoms with van der Waals surface area (Å²) in [5.74, 6) is 0.959. The molecule has 0 atom stereocenters. The Labute approximate surface area is 116 Å². The largest absolute Gasteiger partial charge is 0.494 e. The van der Waals surface area contributed by atoms with Crippen LogP contribution in [0.5, 0.6) is 5.75 Å². The summed E-state index contributed by atoms with van der Waals surface area (Å²) in [6.45, 7) is 3.82. The maximum atomic E-state index is 5.66. The van der Waals surface area contributed by atoms with Gasteiger partial charge in [0.2, 0.25) is 0 Å². The van der Waals surface area contributed by atoms with E-state index >= 15 is 0 Å². The average molecular weight is 263 g/mol. The van der Waals surface area contributed by atoms with Gasteiger partial charge in [-0.05, 0) is 49.8 Å². The Bertz CT molecular complexity index is 349. The van der Waals surface area contributed by atoms with E-state index in [2.05, 4.69) is 5.32 Å². The van der Waals surface area contributed by atoms with Gasteiger partial charge in [0.15, 0.2) is 0 Å². The van der Waals surface area contributed by atoms with Gasteiger partial charge >= 0.3 is 0 Å². The van der Waals surface area contributed by atoms with Gasteiger partial charge in [-0.15, -0.1) is 0 Å². The minimum atomic E-state index is 0.538. The average Bonchev–Trinajstić information content (AvgIpc) is 3.22. The molecule has 1 aliphatic carbocycles. The number of methoxy groups -OCH3 is 1. The molecule has 0 saturated heterocycles. The Hall–Kier alpha value is -1.06. The first-order valence-electron chi connectivity index (χ1n) is 7.22. The van der Waals surface area contributed by atoms with Crippen molar-refractivity contribution >= 4 is 0 Å². The van der Waals surface area contributed by atoms with Crippen molar-refractivity contribution in [1.29, 1.82) is 0 Å². The third-order valence-electron chi connectivity index (χ3n) is 3.80. The molecule has 1 aromatic carbocycles. The molecule has 1 fully saturated rings. The molecule has 106 valence electrons. The number of nitrogens with one attached hydrogen (secondary N) is 1. The molecule has 1 saturated carbocycles. The summed E-state index contributed by atoms with van der Waals surface area (Å²) in [5.41, 5.74) is 0.538. The van der Waals surface area contributed by atoms with E-state index in [1.807, 2.05) is 30.3 Å². The molecular weight excluding hydrogens is 238 g/mol. The summed E-state index contributed by atoms with van der Waals surface area (Å²) in [6.07, 6.45) is 4.94. The summed E-state index contributed by atoms with van der Waals surface area (Å²) in [5, 5.41) is 3.55. The van der Waals surface area contributed by atoms with Gasteiger partial charge < -0.3 is 14.8 Å². The molecule has 3 nitrogen and oxygen atoms in total. The van der Waals surface area contributed by atoms with Gasteiger partial charge in [-0.1, -0.05) is 18.2 Å². The maximum Gasteiger partial charge on any atom is 0.119 e. The minimum absolute atomic E-state index is 0.538. The van der Waals surface area contributed by atoms with Crippen LogP contribution in [-0.4, -0.2) is 33.4 Å². The van der Waals surface area contributed by atoms with E-state index in [-0.39, 0.29) is 0 Å². The fraction of sp³-hybridized carbons (Fsp3) is 0.625. The second-order valence-corrected chi connectivity index (χ2v) is 5.43. The normalized spacial score (nSPS) is 16.3. The molecule has 0 radical (unpaired) electrons. The second-order valence-electron chi connectivity index (χ2n) is 5.43. The highest BCUT2D eigenvalue weighted by atomic mass is 16.5. The van der Waals surface area contributed by atoms with Crippen molar-refractivity contribution < 1.29 is 9.47 Å².